The Hall–Kier alpha value is -2.13. The van der Waals surface area contributed by atoms with Crippen LogP contribution in [0.15, 0.2) is 54.6 Å². The lowest BCUT2D eigenvalue weighted by atomic mass is 9.85. The molecule has 1 atom stereocenters. The van der Waals surface area contributed by atoms with Crippen LogP contribution in [-0.4, -0.2) is 23.6 Å². The van der Waals surface area contributed by atoms with E-state index in [4.69, 9.17) is 11.6 Å². The Labute approximate surface area is 128 Å². The lowest BCUT2D eigenvalue weighted by Gasteiger charge is -2.35. The Morgan fingerprint density at radius 3 is 2.33 bits per heavy atom. The topological polar surface area (TPSA) is 37.4 Å². The zero-order valence-corrected chi connectivity index (χ0v) is 12.3. The summed E-state index contributed by atoms with van der Waals surface area (Å²) >= 11 is 6.49. The van der Waals surface area contributed by atoms with Crippen molar-refractivity contribution in [1.29, 1.82) is 0 Å². The Bertz CT molecular complexity index is 714. The predicted octanol–water partition coefficient (Wildman–Crippen LogP) is 3.07. The third kappa shape index (κ3) is 2.14. The Kier molecular flexibility index (Phi) is 3.30. The molecule has 3 nitrogen and oxygen atoms in total. The number of nitrogens with zero attached hydrogens (tertiary/aromatic N) is 1. The quantitative estimate of drug-likeness (QED) is 0.631. The molecule has 106 valence electrons. The normalized spacial score (nSPS) is 21.3. The average Bonchev–Trinajstić information content (AvgIpc) is 2.52. The van der Waals surface area contributed by atoms with Crippen molar-refractivity contribution in [2.45, 2.75) is 11.3 Å². The number of Topliss-reactive ketones (excluding diaryl/α,β-unsaturated/α-hetero) is 1. The molecule has 1 unspecified atom stereocenters. The number of carbonyl (C=O) groups is 2. The van der Waals surface area contributed by atoms with Crippen LogP contribution in [0.25, 0.3) is 0 Å². The van der Waals surface area contributed by atoms with Gasteiger partial charge in [-0.05, 0) is 17.7 Å². The average molecular weight is 300 g/mol. The largest absolute Gasteiger partial charge is 0.313 e. The van der Waals surface area contributed by atoms with Gasteiger partial charge in [0.1, 0.15) is 0 Å². The second kappa shape index (κ2) is 5.01. The van der Waals surface area contributed by atoms with E-state index >= 15 is 0 Å². The molecule has 1 amide bonds. The molecule has 1 aliphatic rings. The van der Waals surface area contributed by atoms with E-state index in [9.17, 15) is 9.59 Å². The van der Waals surface area contributed by atoms with Gasteiger partial charge in [0.2, 0.25) is 0 Å². The van der Waals surface area contributed by atoms with E-state index in [1.807, 2.05) is 30.3 Å². The molecule has 0 aliphatic carbocycles. The summed E-state index contributed by atoms with van der Waals surface area (Å²) in [6.45, 7) is 0. The van der Waals surface area contributed by atoms with Crippen molar-refractivity contribution in [3.63, 3.8) is 0 Å². The summed E-state index contributed by atoms with van der Waals surface area (Å²) in [5.41, 5.74) is 1.96. The third-order valence-corrected chi connectivity index (χ3v) is 4.27. The van der Waals surface area contributed by atoms with Gasteiger partial charge in [-0.1, -0.05) is 54.1 Å². The van der Waals surface area contributed by atoms with Crippen molar-refractivity contribution in [2.75, 3.05) is 11.9 Å². The van der Waals surface area contributed by atoms with Crippen molar-refractivity contribution in [1.82, 2.24) is 0 Å². The minimum absolute atomic E-state index is 0.186. The highest BCUT2D eigenvalue weighted by Crippen LogP contribution is 2.37. The minimum Gasteiger partial charge on any atom is -0.313 e. The van der Waals surface area contributed by atoms with Crippen molar-refractivity contribution >= 4 is 29.0 Å². The number of carbonyl (C=O) groups excluding carboxylic acids is 2. The Morgan fingerprint density at radius 2 is 1.62 bits per heavy atom. The van der Waals surface area contributed by atoms with Crippen molar-refractivity contribution < 1.29 is 9.59 Å². The van der Waals surface area contributed by atoms with Crippen LogP contribution in [0, 0.1) is 0 Å². The van der Waals surface area contributed by atoms with Crippen LogP contribution in [0.1, 0.15) is 15.9 Å². The molecule has 1 heterocycles. The van der Waals surface area contributed by atoms with Gasteiger partial charge in [0.15, 0.2) is 10.7 Å². The van der Waals surface area contributed by atoms with E-state index < -0.39 is 4.87 Å². The summed E-state index contributed by atoms with van der Waals surface area (Å²) in [5.74, 6) is -0.705. The first kappa shape index (κ1) is 13.8. The van der Waals surface area contributed by atoms with Gasteiger partial charge >= 0.3 is 0 Å². The fraction of sp³-hybridized carbons (Fsp3) is 0.176. The Balaban J connectivity index is 2.07. The lowest BCUT2D eigenvalue weighted by molar-refractivity contribution is -0.120. The lowest BCUT2D eigenvalue weighted by Crippen LogP contribution is -2.54. The van der Waals surface area contributed by atoms with E-state index in [-0.39, 0.29) is 18.1 Å². The maximum atomic E-state index is 12.7. The molecular formula is C17H14ClNO2. The number of halogens is 1. The molecule has 3 rings (SSSR count). The van der Waals surface area contributed by atoms with Crippen LogP contribution in [0.4, 0.5) is 5.69 Å². The second-order valence-corrected chi connectivity index (χ2v) is 5.82. The first-order chi connectivity index (χ1) is 10.0. The monoisotopic (exact) mass is 299 g/mol. The van der Waals surface area contributed by atoms with Crippen molar-refractivity contribution in [2.24, 2.45) is 0 Å². The number of ketones is 1. The number of hydrogen-bond acceptors (Lipinski definition) is 2. The van der Waals surface area contributed by atoms with E-state index in [1.54, 1.807) is 31.3 Å². The first-order valence-electron chi connectivity index (χ1n) is 6.69. The number of fused-ring (bicyclic) bond motifs is 1. The highest BCUT2D eigenvalue weighted by atomic mass is 35.5. The summed E-state index contributed by atoms with van der Waals surface area (Å²) in [6.07, 6.45) is 0.186. The molecule has 1 aliphatic heterocycles. The minimum atomic E-state index is -1.57. The number of alkyl halides is 1. The zero-order chi connectivity index (χ0) is 15.0. The van der Waals surface area contributed by atoms with Gasteiger partial charge in [-0.25, -0.2) is 0 Å². The fourth-order valence-corrected chi connectivity index (χ4v) is 3.06. The molecule has 0 saturated carbocycles. The van der Waals surface area contributed by atoms with Crippen LogP contribution < -0.4 is 4.90 Å². The van der Waals surface area contributed by atoms with Crippen LogP contribution in [0.5, 0.6) is 0 Å². The molecule has 0 spiro atoms. The first-order valence-corrected chi connectivity index (χ1v) is 7.06. The molecule has 2 aromatic carbocycles. The van der Waals surface area contributed by atoms with Gasteiger partial charge in [-0.3, -0.25) is 9.59 Å². The molecule has 0 saturated heterocycles. The number of rotatable bonds is 2. The van der Waals surface area contributed by atoms with Gasteiger partial charge in [0.25, 0.3) is 5.91 Å². The van der Waals surface area contributed by atoms with Crippen LogP contribution in [0.2, 0.25) is 0 Å². The molecule has 4 heteroatoms. The second-order valence-electron chi connectivity index (χ2n) is 5.17. The summed E-state index contributed by atoms with van der Waals surface area (Å²) in [5, 5.41) is 0. The predicted molar refractivity (Wildman–Crippen MR) is 82.9 cm³/mol. The highest BCUT2D eigenvalue weighted by molar-refractivity contribution is 6.52. The summed E-state index contributed by atoms with van der Waals surface area (Å²) in [6, 6.07) is 16.4. The SMILES string of the molecule is CN1C(=O)C(Cl)(Cc2ccccc2)C(=O)c2ccccc21. The van der Waals surface area contributed by atoms with Crippen LogP contribution in [-0.2, 0) is 11.2 Å². The van der Waals surface area contributed by atoms with E-state index in [1.165, 1.54) is 4.90 Å². The maximum Gasteiger partial charge on any atom is 0.256 e. The van der Waals surface area contributed by atoms with E-state index in [2.05, 4.69) is 0 Å². The highest BCUT2D eigenvalue weighted by Gasteiger charge is 2.50. The molecule has 0 fully saturated rings. The maximum absolute atomic E-state index is 12.7. The number of anilines is 1. The standard InChI is InChI=1S/C17H14ClNO2/c1-19-14-10-6-5-9-13(14)15(20)17(18,16(19)21)11-12-7-3-2-4-8-12/h2-10H,11H2,1H3. The molecule has 0 radical (unpaired) electrons. The summed E-state index contributed by atoms with van der Waals surface area (Å²) in [4.78, 5) is 25.2. The van der Waals surface area contributed by atoms with E-state index in [0.717, 1.165) is 5.56 Å². The zero-order valence-electron chi connectivity index (χ0n) is 11.5. The van der Waals surface area contributed by atoms with Gasteiger partial charge in [0.05, 0.1) is 5.69 Å². The molecule has 0 bridgehead atoms. The Morgan fingerprint density at radius 1 is 1.00 bits per heavy atom. The van der Waals surface area contributed by atoms with E-state index in [0.29, 0.717) is 11.3 Å². The van der Waals surface area contributed by atoms with Gasteiger partial charge in [-0.15, -0.1) is 0 Å². The molecule has 2 aromatic rings. The number of hydrogen-bond donors (Lipinski definition) is 0. The van der Waals surface area contributed by atoms with Crippen molar-refractivity contribution in [3.8, 4) is 0 Å². The summed E-state index contributed by atoms with van der Waals surface area (Å²) in [7, 11) is 1.65. The van der Waals surface area contributed by atoms with Gasteiger partial charge in [-0.2, -0.15) is 0 Å². The number of benzene rings is 2. The smallest absolute Gasteiger partial charge is 0.256 e. The number of amides is 1. The molecule has 0 aromatic heterocycles. The van der Waals surface area contributed by atoms with Gasteiger partial charge < -0.3 is 4.90 Å². The third-order valence-electron chi connectivity index (χ3n) is 3.80. The summed E-state index contributed by atoms with van der Waals surface area (Å²) < 4.78 is 0. The fourth-order valence-electron chi connectivity index (χ4n) is 2.68. The van der Waals surface area contributed by atoms with Crippen LogP contribution in [0.3, 0.4) is 0 Å². The molecule has 21 heavy (non-hydrogen) atoms. The molecular weight excluding hydrogens is 286 g/mol. The van der Waals surface area contributed by atoms with Crippen LogP contribution >= 0.6 is 11.6 Å². The van der Waals surface area contributed by atoms with Gasteiger partial charge in [0, 0.05) is 19.0 Å². The van der Waals surface area contributed by atoms with Crippen molar-refractivity contribution in [3.05, 3.63) is 65.7 Å². The molecule has 0 N–H and O–H groups in total. The number of para-hydroxylation sites is 1.